The molecule has 1 rings (SSSR count). The topological polar surface area (TPSA) is 66.8 Å². The summed E-state index contributed by atoms with van der Waals surface area (Å²) in [7, 11) is 1.48. The number of carboxylic acid groups (broad SMARTS) is 1. The number of hydrogen-bond donors (Lipinski definition) is 2. The van der Waals surface area contributed by atoms with Crippen molar-refractivity contribution in [3.05, 3.63) is 23.5 Å². The molecule has 4 heteroatoms. The first-order valence-electron chi connectivity index (χ1n) is 4.48. The molecule has 1 unspecified atom stereocenters. The third kappa shape index (κ3) is 2.14. The van der Waals surface area contributed by atoms with Crippen LogP contribution in [-0.2, 0) is 9.53 Å². The number of aliphatic hydroxyl groups is 1. The van der Waals surface area contributed by atoms with Crippen LogP contribution in [0.2, 0.25) is 0 Å². The fourth-order valence-electron chi connectivity index (χ4n) is 1.68. The normalized spacial score (nSPS) is 22.0. The maximum absolute atomic E-state index is 10.9. The molecule has 4 nitrogen and oxygen atoms in total. The Labute approximate surface area is 82.5 Å². The highest BCUT2D eigenvalue weighted by molar-refractivity contribution is 5.88. The molecule has 1 aliphatic rings. The van der Waals surface area contributed by atoms with Crippen LogP contribution in [0.1, 0.15) is 12.8 Å². The minimum atomic E-state index is -0.938. The molecule has 78 valence electrons. The zero-order valence-electron chi connectivity index (χ0n) is 8.06. The quantitative estimate of drug-likeness (QED) is 0.659. The lowest BCUT2D eigenvalue weighted by molar-refractivity contribution is -0.133. The number of carbonyl (C=O) groups is 1. The van der Waals surface area contributed by atoms with Crippen molar-refractivity contribution in [3.63, 3.8) is 0 Å². The fourth-order valence-corrected chi connectivity index (χ4v) is 1.68. The minimum absolute atomic E-state index is 0.0638. The number of ether oxygens (including phenoxy) is 1. The van der Waals surface area contributed by atoms with Gasteiger partial charge in [0.05, 0.1) is 19.3 Å². The van der Waals surface area contributed by atoms with Crippen LogP contribution in [-0.4, -0.2) is 29.9 Å². The van der Waals surface area contributed by atoms with E-state index in [-0.39, 0.29) is 12.5 Å². The number of rotatable bonds is 4. The standard InChI is InChI=1S/C10H14O4/c1-14-8-5-4-7(3-2-6-11)9(8)10(12)13/h2-3,7,11H,4-6H2,1H3,(H,12,13)/b3-2+. The molecule has 0 radical (unpaired) electrons. The van der Waals surface area contributed by atoms with Gasteiger partial charge in [-0.3, -0.25) is 0 Å². The fraction of sp³-hybridized carbons (Fsp3) is 0.500. The maximum atomic E-state index is 10.9. The van der Waals surface area contributed by atoms with Gasteiger partial charge in [0.15, 0.2) is 0 Å². The molecule has 0 spiro atoms. The number of aliphatic hydroxyl groups excluding tert-OH is 1. The Morgan fingerprint density at radius 2 is 2.43 bits per heavy atom. The minimum Gasteiger partial charge on any atom is -0.501 e. The first-order chi connectivity index (χ1) is 6.70. The van der Waals surface area contributed by atoms with Crippen LogP contribution in [0.15, 0.2) is 23.5 Å². The average Bonchev–Trinajstić information content (AvgIpc) is 2.57. The molecule has 0 amide bonds. The highest BCUT2D eigenvalue weighted by Gasteiger charge is 2.29. The van der Waals surface area contributed by atoms with Crippen LogP contribution in [0, 0.1) is 5.92 Å². The SMILES string of the molecule is COC1=C(C(=O)O)C(/C=C/CO)CC1. The summed E-state index contributed by atoms with van der Waals surface area (Å²) in [6.45, 7) is -0.0638. The van der Waals surface area contributed by atoms with E-state index in [1.54, 1.807) is 12.2 Å². The Balaban J connectivity index is 2.85. The van der Waals surface area contributed by atoms with Gasteiger partial charge in [-0.1, -0.05) is 12.2 Å². The molecule has 0 fully saturated rings. The van der Waals surface area contributed by atoms with Gasteiger partial charge in [0, 0.05) is 12.3 Å². The molecule has 14 heavy (non-hydrogen) atoms. The van der Waals surface area contributed by atoms with Crippen LogP contribution >= 0.6 is 0 Å². The zero-order chi connectivity index (χ0) is 10.6. The first kappa shape index (κ1) is 10.8. The van der Waals surface area contributed by atoms with Gasteiger partial charge in [0.2, 0.25) is 0 Å². The van der Waals surface area contributed by atoms with Crippen molar-refractivity contribution in [1.82, 2.24) is 0 Å². The molecule has 0 saturated carbocycles. The third-order valence-corrected chi connectivity index (χ3v) is 2.30. The van der Waals surface area contributed by atoms with E-state index >= 15 is 0 Å². The van der Waals surface area contributed by atoms with Crippen LogP contribution in [0.25, 0.3) is 0 Å². The Kier molecular flexibility index (Phi) is 3.71. The van der Waals surface area contributed by atoms with Crippen LogP contribution < -0.4 is 0 Å². The molecule has 0 saturated heterocycles. The highest BCUT2D eigenvalue weighted by atomic mass is 16.5. The second kappa shape index (κ2) is 4.81. The largest absolute Gasteiger partial charge is 0.501 e. The predicted molar refractivity (Wildman–Crippen MR) is 50.6 cm³/mol. The molecule has 0 bridgehead atoms. The smallest absolute Gasteiger partial charge is 0.335 e. The number of hydrogen-bond acceptors (Lipinski definition) is 3. The van der Waals surface area contributed by atoms with Gasteiger partial charge in [0.25, 0.3) is 0 Å². The third-order valence-electron chi connectivity index (χ3n) is 2.30. The molecule has 1 aliphatic carbocycles. The molecule has 1 atom stereocenters. The average molecular weight is 198 g/mol. The van der Waals surface area contributed by atoms with Gasteiger partial charge in [0.1, 0.15) is 5.76 Å². The summed E-state index contributed by atoms with van der Waals surface area (Å²) >= 11 is 0. The summed E-state index contributed by atoms with van der Waals surface area (Å²) < 4.78 is 5.00. The Morgan fingerprint density at radius 3 is 2.93 bits per heavy atom. The predicted octanol–water partition coefficient (Wildman–Crippen LogP) is 0.930. The van der Waals surface area contributed by atoms with E-state index in [9.17, 15) is 4.79 Å². The lowest BCUT2D eigenvalue weighted by Gasteiger charge is -2.05. The van der Waals surface area contributed by atoms with E-state index in [1.807, 2.05) is 0 Å². The molecule has 0 aliphatic heterocycles. The van der Waals surface area contributed by atoms with Crippen molar-refractivity contribution >= 4 is 5.97 Å². The van der Waals surface area contributed by atoms with Crippen molar-refractivity contribution < 1.29 is 19.7 Å². The second-order valence-electron chi connectivity index (χ2n) is 3.10. The Hall–Kier alpha value is -1.29. The highest BCUT2D eigenvalue weighted by Crippen LogP contribution is 2.33. The van der Waals surface area contributed by atoms with E-state index < -0.39 is 5.97 Å². The maximum Gasteiger partial charge on any atom is 0.335 e. The molecular weight excluding hydrogens is 184 g/mol. The summed E-state index contributed by atoms with van der Waals surface area (Å²) in [5.74, 6) is -0.522. The van der Waals surface area contributed by atoms with Crippen LogP contribution in [0.4, 0.5) is 0 Å². The number of allylic oxidation sites excluding steroid dienone is 2. The molecular formula is C10H14O4. The van der Waals surface area contributed by atoms with Gasteiger partial charge >= 0.3 is 5.97 Å². The first-order valence-corrected chi connectivity index (χ1v) is 4.48. The van der Waals surface area contributed by atoms with E-state index in [1.165, 1.54) is 7.11 Å². The van der Waals surface area contributed by atoms with E-state index in [4.69, 9.17) is 14.9 Å². The monoisotopic (exact) mass is 198 g/mol. The van der Waals surface area contributed by atoms with Gasteiger partial charge in [-0.15, -0.1) is 0 Å². The van der Waals surface area contributed by atoms with Crippen molar-refractivity contribution in [1.29, 1.82) is 0 Å². The van der Waals surface area contributed by atoms with Crippen molar-refractivity contribution in [2.75, 3.05) is 13.7 Å². The summed E-state index contributed by atoms with van der Waals surface area (Å²) in [5, 5.41) is 17.5. The lowest BCUT2D eigenvalue weighted by atomic mass is 10.0. The summed E-state index contributed by atoms with van der Waals surface area (Å²) in [5.41, 5.74) is 0.317. The molecule has 0 aromatic carbocycles. The molecule has 0 aromatic heterocycles. The van der Waals surface area contributed by atoms with E-state index in [2.05, 4.69) is 0 Å². The van der Waals surface area contributed by atoms with Crippen molar-refractivity contribution in [2.45, 2.75) is 12.8 Å². The van der Waals surface area contributed by atoms with Crippen molar-refractivity contribution in [3.8, 4) is 0 Å². The molecule has 0 aromatic rings. The number of methoxy groups -OCH3 is 1. The summed E-state index contributed by atoms with van der Waals surface area (Å²) in [4.78, 5) is 10.9. The summed E-state index contributed by atoms with van der Waals surface area (Å²) in [6.07, 6.45) is 4.67. The van der Waals surface area contributed by atoms with Gasteiger partial charge in [-0.05, 0) is 6.42 Å². The van der Waals surface area contributed by atoms with Gasteiger partial charge in [-0.2, -0.15) is 0 Å². The van der Waals surface area contributed by atoms with Gasteiger partial charge < -0.3 is 14.9 Å². The second-order valence-corrected chi connectivity index (χ2v) is 3.10. The lowest BCUT2D eigenvalue weighted by Crippen LogP contribution is -2.08. The molecule has 0 heterocycles. The number of aliphatic carboxylic acids is 1. The summed E-state index contributed by atoms with van der Waals surface area (Å²) in [6, 6.07) is 0. The zero-order valence-corrected chi connectivity index (χ0v) is 8.06. The Bertz CT molecular complexity index is 278. The van der Waals surface area contributed by atoms with E-state index in [0.717, 1.165) is 6.42 Å². The van der Waals surface area contributed by atoms with Gasteiger partial charge in [-0.25, -0.2) is 4.79 Å². The van der Waals surface area contributed by atoms with Crippen LogP contribution in [0.3, 0.4) is 0 Å². The van der Waals surface area contributed by atoms with E-state index in [0.29, 0.717) is 17.8 Å². The Morgan fingerprint density at radius 1 is 1.71 bits per heavy atom. The number of carboxylic acids is 1. The molecule has 2 N–H and O–H groups in total. The van der Waals surface area contributed by atoms with Crippen molar-refractivity contribution in [2.24, 2.45) is 5.92 Å². The van der Waals surface area contributed by atoms with Crippen LogP contribution in [0.5, 0.6) is 0 Å².